The zero-order chi connectivity index (χ0) is 14.0. The molecule has 0 aromatic heterocycles. The maximum atomic E-state index is 5.60. The summed E-state index contributed by atoms with van der Waals surface area (Å²) in [7, 11) is 0. The van der Waals surface area contributed by atoms with Crippen LogP contribution in [0.15, 0.2) is 24.3 Å². The summed E-state index contributed by atoms with van der Waals surface area (Å²) in [5.41, 5.74) is 3.38. The average molecular weight is 273 g/mol. The smallest absolute Gasteiger partial charge is 0.0506 e. The molecule has 1 N–H and O–H groups in total. The van der Waals surface area contributed by atoms with Crippen LogP contribution in [0.4, 0.5) is 0 Å². The van der Waals surface area contributed by atoms with Gasteiger partial charge in [-0.05, 0) is 48.1 Å². The first-order chi connectivity index (χ1) is 9.67. The third-order valence-electron chi connectivity index (χ3n) is 5.05. The summed E-state index contributed by atoms with van der Waals surface area (Å²) in [5, 5.41) is 3.86. The summed E-state index contributed by atoms with van der Waals surface area (Å²) in [4.78, 5) is 0. The van der Waals surface area contributed by atoms with Crippen molar-refractivity contribution in [3.63, 3.8) is 0 Å². The van der Waals surface area contributed by atoms with Gasteiger partial charge in [-0.15, -0.1) is 0 Å². The molecule has 0 spiro atoms. The van der Waals surface area contributed by atoms with Crippen LogP contribution in [0.25, 0.3) is 0 Å². The van der Waals surface area contributed by atoms with Crippen LogP contribution in [0.3, 0.4) is 0 Å². The number of fused-ring (bicyclic) bond motifs is 1. The van der Waals surface area contributed by atoms with Crippen LogP contribution in [0.1, 0.15) is 50.3 Å². The summed E-state index contributed by atoms with van der Waals surface area (Å²) in [5.74, 6) is 0.689. The molecule has 2 aliphatic rings. The van der Waals surface area contributed by atoms with Gasteiger partial charge in [0, 0.05) is 19.2 Å². The van der Waals surface area contributed by atoms with Gasteiger partial charge in [0.25, 0.3) is 0 Å². The van der Waals surface area contributed by atoms with Gasteiger partial charge in [0.1, 0.15) is 0 Å². The molecule has 1 fully saturated rings. The van der Waals surface area contributed by atoms with E-state index in [1.54, 1.807) is 0 Å². The lowest BCUT2D eigenvalue weighted by Crippen LogP contribution is -2.41. The highest BCUT2D eigenvalue weighted by molar-refractivity contribution is 5.34. The highest BCUT2D eigenvalue weighted by Gasteiger charge is 2.35. The molecule has 2 atom stereocenters. The van der Waals surface area contributed by atoms with E-state index in [4.69, 9.17) is 4.74 Å². The van der Waals surface area contributed by atoms with Gasteiger partial charge in [-0.25, -0.2) is 0 Å². The molecule has 1 aromatic carbocycles. The van der Waals surface area contributed by atoms with Crippen molar-refractivity contribution in [2.45, 2.75) is 45.6 Å². The van der Waals surface area contributed by atoms with Crippen LogP contribution in [0, 0.1) is 11.3 Å². The van der Waals surface area contributed by atoms with Crippen molar-refractivity contribution < 1.29 is 4.74 Å². The third-order valence-corrected chi connectivity index (χ3v) is 5.05. The fourth-order valence-electron chi connectivity index (χ4n) is 3.70. The molecule has 2 unspecified atom stereocenters. The van der Waals surface area contributed by atoms with Crippen LogP contribution in [0.5, 0.6) is 0 Å². The van der Waals surface area contributed by atoms with Crippen molar-refractivity contribution in [1.82, 2.24) is 5.32 Å². The number of hydrogen-bond acceptors (Lipinski definition) is 2. The molecule has 0 amide bonds. The molecular weight excluding hydrogens is 246 g/mol. The molecule has 1 heterocycles. The zero-order valence-corrected chi connectivity index (χ0v) is 12.8. The Labute approximate surface area is 122 Å². The molecular formula is C18H27NO. The SMILES string of the molecule is CC1(C)CCc2ccccc2C1NCC1CCCOC1. The van der Waals surface area contributed by atoms with Crippen LogP contribution in [0.2, 0.25) is 0 Å². The van der Waals surface area contributed by atoms with Gasteiger partial charge in [0.15, 0.2) is 0 Å². The first-order valence-electron chi connectivity index (χ1n) is 8.06. The van der Waals surface area contributed by atoms with E-state index in [9.17, 15) is 0 Å². The van der Waals surface area contributed by atoms with E-state index in [1.165, 1.54) is 36.8 Å². The zero-order valence-electron chi connectivity index (χ0n) is 12.8. The fourth-order valence-corrected chi connectivity index (χ4v) is 3.70. The van der Waals surface area contributed by atoms with Crippen LogP contribution >= 0.6 is 0 Å². The minimum absolute atomic E-state index is 0.337. The normalized spacial score (nSPS) is 28.9. The Balaban J connectivity index is 1.72. The largest absolute Gasteiger partial charge is 0.381 e. The van der Waals surface area contributed by atoms with E-state index in [-0.39, 0.29) is 0 Å². The van der Waals surface area contributed by atoms with E-state index < -0.39 is 0 Å². The fraction of sp³-hybridized carbons (Fsp3) is 0.667. The number of rotatable bonds is 3. The number of ether oxygens (including phenoxy) is 1. The van der Waals surface area contributed by atoms with Crippen LogP contribution in [-0.4, -0.2) is 19.8 Å². The summed E-state index contributed by atoms with van der Waals surface area (Å²) < 4.78 is 5.60. The Morgan fingerprint density at radius 2 is 2.15 bits per heavy atom. The molecule has 1 aliphatic heterocycles. The maximum absolute atomic E-state index is 5.60. The molecule has 20 heavy (non-hydrogen) atoms. The minimum atomic E-state index is 0.337. The lowest BCUT2D eigenvalue weighted by molar-refractivity contribution is 0.0507. The molecule has 110 valence electrons. The number of nitrogens with one attached hydrogen (secondary N) is 1. The minimum Gasteiger partial charge on any atom is -0.381 e. The van der Waals surface area contributed by atoms with E-state index in [0.717, 1.165) is 19.8 Å². The average Bonchev–Trinajstić information content (AvgIpc) is 2.47. The molecule has 0 saturated carbocycles. The molecule has 3 rings (SSSR count). The maximum Gasteiger partial charge on any atom is 0.0506 e. The highest BCUT2D eigenvalue weighted by Crippen LogP contribution is 2.43. The number of aryl methyl sites for hydroxylation is 1. The van der Waals surface area contributed by atoms with Crippen LogP contribution < -0.4 is 5.32 Å². The van der Waals surface area contributed by atoms with Crippen molar-refractivity contribution in [2.75, 3.05) is 19.8 Å². The predicted octanol–water partition coefficient (Wildman–Crippen LogP) is 3.72. The van der Waals surface area contributed by atoms with Gasteiger partial charge < -0.3 is 10.1 Å². The Hall–Kier alpha value is -0.860. The summed E-state index contributed by atoms with van der Waals surface area (Å²) in [6.45, 7) is 7.77. The summed E-state index contributed by atoms with van der Waals surface area (Å²) in [6, 6.07) is 9.44. The second-order valence-electron chi connectivity index (χ2n) is 7.11. The molecule has 1 saturated heterocycles. The topological polar surface area (TPSA) is 21.3 Å². The molecule has 1 aliphatic carbocycles. The third kappa shape index (κ3) is 2.91. The van der Waals surface area contributed by atoms with E-state index >= 15 is 0 Å². The molecule has 0 radical (unpaired) electrons. The Morgan fingerprint density at radius 3 is 2.95 bits per heavy atom. The number of hydrogen-bond donors (Lipinski definition) is 1. The molecule has 0 bridgehead atoms. The number of benzene rings is 1. The quantitative estimate of drug-likeness (QED) is 0.906. The summed E-state index contributed by atoms with van der Waals surface area (Å²) in [6.07, 6.45) is 5.01. The van der Waals surface area contributed by atoms with E-state index in [1.807, 2.05) is 0 Å². The van der Waals surface area contributed by atoms with Crippen molar-refractivity contribution in [2.24, 2.45) is 11.3 Å². The van der Waals surface area contributed by atoms with E-state index in [2.05, 4.69) is 43.4 Å². The van der Waals surface area contributed by atoms with Gasteiger partial charge in [-0.2, -0.15) is 0 Å². The van der Waals surface area contributed by atoms with Crippen molar-refractivity contribution in [3.8, 4) is 0 Å². The first kappa shape index (κ1) is 14.1. The molecule has 2 heteroatoms. The molecule has 2 nitrogen and oxygen atoms in total. The Morgan fingerprint density at radius 1 is 1.30 bits per heavy atom. The summed E-state index contributed by atoms with van der Waals surface area (Å²) >= 11 is 0. The second kappa shape index (κ2) is 5.87. The predicted molar refractivity (Wildman–Crippen MR) is 82.8 cm³/mol. The van der Waals surface area contributed by atoms with Gasteiger partial charge in [-0.3, -0.25) is 0 Å². The Kier molecular flexibility index (Phi) is 4.13. The van der Waals surface area contributed by atoms with Gasteiger partial charge in [0.05, 0.1) is 6.61 Å². The highest BCUT2D eigenvalue weighted by atomic mass is 16.5. The second-order valence-corrected chi connectivity index (χ2v) is 7.11. The van der Waals surface area contributed by atoms with Gasteiger partial charge in [-0.1, -0.05) is 38.1 Å². The lowest BCUT2D eigenvalue weighted by Gasteiger charge is -2.41. The van der Waals surface area contributed by atoms with E-state index in [0.29, 0.717) is 17.4 Å². The molecule has 1 aromatic rings. The van der Waals surface area contributed by atoms with Gasteiger partial charge in [0.2, 0.25) is 0 Å². The van der Waals surface area contributed by atoms with Gasteiger partial charge >= 0.3 is 0 Å². The Bertz CT molecular complexity index is 448. The van der Waals surface area contributed by atoms with Crippen LogP contribution in [-0.2, 0) is 11.2 Å². The van der Waals surface area contributed by atoms with Crippen molar-refractivity contribution in [1.29, 1.82) is 0 Å². The standard InChI is InChI=1S/C18H27NO/c1-18(2)10-9-15-7-3-4-8-16(15)17(18)19-12-14-6-5-11-20-13-14/h3-4,7-8,14,17,19H,5-6,9-13H2,1-2H3. The first-order valence-corrected chi connectivity index (χ1v) is 8.06. The lowest BCUT2D eigenvalue weighted by atomic mass is 9.70. The van der Waals surface area contributed by atoms with Crippen molar-refractivity contribution >= 4 is 0 Å². The van der Waals surface area contributed by atoms with Crippen molar-refractivity contribution in [3.05, 3.63) is 35.4 Å². The monoisotopic (exact) mass is 273 g/mol.